The Balaban J connectivity index is 1.83. The zero-order valence-corrected chi connectivity index (χ0v) is 14.6. The highest BCUT2D eigenvalue weighted by atomic mass is 16.1. The average Bonchev–Trinajstić information content (AvgIpc) is 2.64. The number of nitrogens with one attached hydrogen (secondary N) is 2. The third-order valence-corrected chi connectivity index (χ3v) is 4.60. The second kappa shape index (κ2) is 7.97. The SMILES string of the molecule is C=Cc1ccc(Nc2nc(NC3CCCCC3N)ncc2C(N)=O)cc1. The van der Waals surface area contributed by atoms with Gasteiger partial charge in [-0.1, -0.05) is 37.6 Å². The van der Waals surface area contributed by atoms with Gasteiger partial charge < -0.3 is 22.1 Å². The molecule has 0 aliphatic heterocycles. The Labute approximate surface area is 152 Å². The fourth-order valence-corrected chi connectivity index (χ4v) is 3.07. The number of hydrogen-bond donors (Lipinski definition) is 4. The average molecular weight is 352 g/mol. The van der Waals surface area contributed by atoms with E-state index in [0.717, 1.165) is 36.9 Å². The Morgan fingerprint density at radius 3 is 2.62 bits per heavy atom. The number of carbonyl (C=O) groups excluding carboxylic acids is 1. The van der Waals surface area contributed by atoms with Crippen LogP contribution in [0.2, 0.25) is 0 Å². The summed E-state index contributed by atoms with van der Waals surface area (Å²) in [6.45, 7) is 3.73. The van der Waals surface area contributed by atoms with Gasteiger partial charge in [0.15, 0.2) is 0 Å². The molecule has 2 atom stereocenters. The van der Waals surface area contributed by atoms with Crippen molar-refractivity contribution < 1.29 is 4.79 Å². The molecule has 2 aromatic rings. The van der Waals surface area contributed by atoms with Crippen molar-refractivity contribution in [1.82, 2.24) is 9.97 Å². The maximum Gasteiger partial charge on any atom is 0.254 e. The molecule has 1 amide bonds. The Morgan fingerprint density at radius 1 is 1.23 bits per heavy atom. The second-order valence-corrected chi connectivity index (χ2v) is 6.47. The minimum Gasteiger partial charge on any atom is -0.365 e. The minimum atomic E-state index is -0.587. The highest BCUT2D eigenvalue weighted by molar-refractivity contribution is 5.98. The summed E-state index contributed by atoms with van der Waals surface area (Å²) in [5.41, 5.74) is 13.7. The van der Waals surface area contributed by atoms with Crippen molar-refractivity contribution in [3.63, 3.8) is 0 Å². The largest absolute Gasteiger partial charge is 0.365 e. The normalized spacial score (nSPS) is 19.6. The number of hydrogen-bond acceptors (Lipinski definition) is 6. The van der Waals surface area contributed by atoms with Gasteiger partial charge in [-0.3, -0.25) is 4.79 Å². The van der Waals surface area contributed by atoms with E-state index in [9.17, 15) is 4.79 Å². The third-order valence-electron chi connectivity index (χ3n) is 4.60. The third kappa shape index (κ3) is 4.18. The minimum absolute atomic E-state index is 0.0750. The van der Waals surface area contributed by atoms with Crippen LogP contribution in [-0.2, 0) is 0 Å². The van der Waals surface area contributed by atoms with Crippen molar-refractivity contribution in [3.8, 4) is 0 Å². The van der Waals surface area contributed by atoms with E-state index in [1.54, 1.807) is 6.08 Å². The number of amides is 1. The maximum atomic E-state index is 11.7. The molecule has 1 aliphatic carbocycles. The lowest BCUT2D eigenvalue weighted by Gasteiger charge is -2.29. The van der Waals surface area contributed by atoms with Gasteiger partial charge in [0.1, 0.15) is 11.4 Å². The lowest BCUT2D eigenvalue weighted by molar-refractivity contribution is 0.100. The molecule has 0 saturated heterocycles. The highest BCUT2D eigenvalue weighted by Gasteiger charge is 2.23. The molecule has 2 unspecified atom stereocenters. The van der Waals surface area contributed by atoms with Crippen LogP contribution in [0, 0.1) is 0 Å². The summed E-state index contributed by atoms with van der Waals surface area (Å²) in [6, 6.07) is 7.80. The molecule has 26 heavy (non-hydrogen) atoms. The summed E-state index contributed by atoms with van der Waals surface area (Å²) in [5.74, 6) is 0.212. The fraction of sp³-hybridized carbons (Fsp3) is 0.316. The van der Waals surface area contributed by atoms with Crippen LogP contribution in [0.1, 0.15) is 41.6 Å². The molecule has 0 spiro atoms. The zero-order chi connectivity index (χ0) is 18.5. The van der Waals surface area contributed by atoms with Crippen LogP contribution in [0.3, 0.4) is 0 Å². The molecule has 6 N–H and O–H groups in total. The highest BCUT2D eigenvalue weighted by Crippen LogP contribution is 2.23. The molecule has 1 aliphatic rings. The van der Waals surface area contributed by atoms with Crippen LogP contribution < -0.4 is 22.1 Å². The number of anilines is 3. The van der Waals surface area contributed by atoms with Crippen molar-refractivity contribution in [2.75, 3.05) is 10.6 Å². The topological polar surface area (TPSA) is 119 Å². The van der Waals surface area contributed by atoms with Crippen molar-refractivity contribution in [2.45, 2.75) is 37.8 Å². The summed E-state index contributed by atoms with van der Waals surface area (Å²) >= 11 is 0. The molecule has 1 aromatic carbocycles. The Morgan fingerprint density at radius 2 is 1.96 bits per heavy atom. The quantitative estimate of drug-likeness (QED) is 0.634. The predicted molar refractivity (Wildman–Crippen MR) is 104 cm³/mol. The van der Waals surface area contributed by atoms with Crippen molar-refractivity contribution in [1.29, 1.82) is 0 Å². The van der Waals surface area contributed by atoms with Gasteiger partial charge in [0.25, 0.3) is 5.91 Å². The standard InChI is InChI=1S/C19H24N6O/c1-2-12-7-9-13(10-8-12)23-18-14(17(21)26)11-22-19(25-18)24-16-6-4-3-5-15(16)20/h2,7-11,15-16H,1,3-6,20H2,(H2,21,26)(H2,22,23,24,25). The van der Waals surface area contributed by atoms with E-state index in [1.807, 2.05) is 24.3 Å². The van der Waals surface area contributed by atoms with E-state index in [0.29, 0.717) is 11.8 Å². The van der Waals surface area contributed by atoms with Crippen LogP contribution in [-0.4, -0.2) is 28.0 Å². The van der Waals surface area contributed by atoms with E-state index in [2.05, 4.69) is 27.2 Å². The summed E-state index contributed by atoms with van der Waals surface area (Å²) in [6.07, 6.45) is 7.44. The van der Waals surface area contributed by atoms with Gasteiger partial charge in [0.05, 0.1) is 0 Å². The molecule has 0 radical (unpaired) electrons. The Bertz CT molecular complexity index is 789. The number of primary amides is 1. The summed E-state index contributed by atoms with van der Waals surface area (Å²) < 4.78 is 0. The van der Waals surface area contributed by atoms with Crippen molar-refractivity contribution in [2.24, 2.45) is 11.5 Å². The van der Waals surface area contributed by atoms with Crippen molar-refractivity contribution >= 4 is 29.4 Å². The number of benzene rings is 1. The summed E-state index contributed by atoms with van der Waals surface area (Å²) in [4.78, 5) is 20.4. The van der Waals surface area contributed by atoms with Crippen LogP contribution in [0.25, 0.3) is 6.08 Å². The molecule has 3 rings (SSSR count). The van der Waals surface area contributed by atoms with E-state index in [1.165, 1.54) is 6.20 Å². The number of nitrogens with two attached hydrogens (primary N) is 2. The lowest BCUT2D eigenvalue weighted by Crippen LogP contribution is -2.43. The number of nitrogens with zero attached hydrogens (tertiary/aromatic N) is 2. The summed E-state index contributed by atoms with van der Waals surface area (Å²) in [5, 5.41) is 6.43. The van der Waals surface area contributed by atoms with Gasteiger partial charge in [0.2, 0.25) is 5.95 Å². The Kier molecular flexibility index (Phi) is 5.48. The van der Waals surface area contributed by atoms with Gasteiger partial charge in [-0.15, -0.1) is 0 Å². The van der Waals surface area contributed by atoms with Crippen LogP contribution in [0.5, 0.6) is 0 Å². The first-order valence-corrected chi connectivity index (χ1v) is 8.75. The molecule has 136 valence electrons. The van der Waals surface area contributed by atoms with Crippen LogP contribution >= 0.6 is 0 Å². The first-order valence-electron chi connectivity index (χ1n) is 8.75. The predicted octanol–water partition coefficient (Wildman–Crippen LogP) is 2.64. The second-order valence-electron chi connectivity index (χ2n) is 6.47. The molecule has 1 fully saturated rings. The van der Waals surface area contributed by atoms with E-state index >= 15 is 0 Å². The molecular formula is C19H24N6O. The van der Waals surface area contributed by atoms with E-state index < -0.39 is 5.91 Å². The molecule has 1 heterocycles. The Hall–Kier alpha value is -2.93. The van der Waals surface area contributed by atoms with Gasteiger partial charge in [0, 0.05) is 24.0 Å². The maximum absolute atomic E-state index is 11.7. The van der Waals surface area contributed by atoms with Gasteiger partial charge >= 0.3 is 0 Å². The molecule has 7 heteroatoms. The fourth-order valence-electron chi connectivity index (χ4n) is 3.07. The number of carbonyl (C=O) groups is 1. The number of aromatic nitrogens is 2. The lowest BCUT2D eigenvalue weighted by atomic mass is 9.91. The smallest absolute Gasteiger partial charge is 0.254 e. The first-order chi connectivity index (χ1) is 12.6. The van der Waals surface area contributed by atoms with Crippen LogP contribution in [0.15, 0.2) is 37.0 Å². The van der Waals surface area contributed by atoms with Gasteiger partial charge in [-0.25, -0.2) is 4.98 Å². The molecule has 0 bridgehead atoms. The van der Waals surface area contributed by atoms with Gasteiger partial charge in [-0.05, 0) is 30.5 Å². The molecular weight excluding hydrogens is 328 g/mol. The van der Waals surface area contributed by atoms with E-state index in [4.69, 9.17) is 11.5 Å². The monoisotopic (exact) mass is 352 g/mol. The van der Waals surface area contributed by atoms with Gasteiger partial charge in [-0.2, -0.15) is 4.98 Å². The van der Waals surface area contributed by atoms with Crippen LogP contribution in [0.4, 0.5) is 17.5 Å². The van der Waals surface area contributed by atoms with E-state index in [-0.39, 0.29) is 17.6 Å². The summed E-state index contributed by atoms with van der Waals surface area (Å²) in [7, 11) is 0. The zero-order valence-electron chi connectivity index (χ0n) is 14.6. The molecule has 1 saturated carbocycles. The number of rotatable bonds is 6. The first kappa shape index (κ1) is 17.9. The van der Waals surface area contributed by atoms with Crippen molar-refractivity contribution in [3.05, 3.63) is 48.2 Å². The molecule has 1 aromatic heterocycles. The molecule has 7 nitrogen and oxygen atoms in total.